The number of aryl methyl sites for hydroxylation is 1. The summed E-state index contributed by atoms with van der Waals surface area (Å²) < 4.78 is 2.09. The second-order valence-corrected chi connectivity index (χ2v) is 4.76. The van der Waals surface area contributed by atoms with Crippen molar-refractivity contribution in [2.75, 3.05) is 0 Å². The molecule has 0 saturated heterocycles. The summed E-state index contributed by atoms with van der Waals surface area (Å²) in [6, 6.07) is 4.49. The van der Waals surface area contributed by atoms with E-state index in [-0.39, 0.29) is 0 Å². The highest BCUT2D eigenvalue weighted by molar-refractivity contribution is 5.41. The van der Waals surface area contributed by atoms with Crippen LogP contribution >= 0.6 is 0 Å². The van der Waals surface area contributed by atoms with Crippen LogP contribution in [0.25, 0.3) is 5.65 Å². The fourth-order valence-electron chi connectivity index (χ4n) is 2.54. The Morgan fingerprint density at radius 3 is 3.00 bits per heavy atom. The Morgan fingerprint density at radius 1 is 1.38 bits per heavy atom. The van der Waals surface area contributed by atoms with Gasteiger partial charge in [0.2, 0.25) is 0 Å². The monoisotopic (exact) mass is 216 g/mol. The predicted octanol–water partition coefficient (Wildman–Crippen LogP) is 1.63. The minimum absolute atomic E-state index is 0.336. The quantitative estimate of drug-likeness (QED) is 0.788. The van der Waals surface area contributed by atoms with E-state index < -0.39 is 0 Å². The van der Waals surface area contributed by atoms with Crippen LogP contribution in [0.5, 0.6) is 0 Å². The van der Waals surface area contributed by atoms with Gasteiger partial charge in [-0.1, -0.05) is 0 Å². The van der Waals surface area contributed by atoms with Crippen molar-refractivity contribution in [3.8, 4) is 0 Å². The van der Waals surface area contributed by atoms with Crippen LogP contribution in [-0.4, -0.2) is 20.6 Å². The average Bonchev–Trinajstić information content (AvgIpc) is 2.83. The second kappa shape index (κ2) is 3.56. The Bertz CT molecular complexity index is 517. The molecule has 4 nitrogen and oxygen atoms in total. The lowest BCUT2D eigenvalue weighted by Crippen LogP contribution is -2.14. The number of fused-ring (bicyclic) bond motifs is 1. The maximum atomic E-state index is 5.94. The average molecular weight is 216 g/mol. The summed E-state index contributed by atoms with van der Waals surface area (Å²) >= 11 is 0. The van der Waals surface area contributed by atoms with Crippen molar-refractivity contribution in [1.29, 1.82) is 0 Å². The topological polar surface area (TPSA) is 56.2 Å². The van der Waals surface area contributed by atoms with Crippen LogP contribution in [0.15, 0.2) is 18.3 Å². The van der Waals surface area contributed by atoms with Gasteiger partial charge in [-0.2, -0.15) is 0 Å². The summed E-state index contributed by atoms with van der Waals surface area (Å²) in [5.74, 6) is 1.55. The third-order valence-corrected chi connectivity index (χ3v) is 3.43. The second-order valence-electron chi connectivity index (χ2n) is 4.76. The van der Waals surface area contributed by atoms with Gasteiger partial charge in [0.05, 0.1) is 0 Å². The van der Waals surface area contributed by atoms with Gasteiger partial charge in [0.25, 0.3) is 0 Å². The first-order valence-electron chi connectivity index (χ1n) is 5.81. The highest BCUT2D eigenvalue weighted by Crippen LogP contribution is 2.32. The van der Waals surface area contributed by atoms with E-state index in [1.54, 1.807) is 0 Å². The van der Waals surface area contributed by atoms with Crippen molar-refractivity contribution >= 4 is 5.65 Å². The van der Waals surface area contributed by atoms with Crippen molar-refractivity contribution in [3.05, 3.63) is 29.7 Å². The van der Waals surface area contributed by atoms with Crippen LogP contribution in [0.4, 0.5) is 0 Å². The Labute approximate surface area is 94.5 Å². The van der Waals surface area contributed by atoms with Crippen LogP contribution in [0.3, 0.4) is 0 Å². The largest absolute Gasteiger partial charge is 0.328 e. The smallest absolute Gasteiger partial charge is 0.161 e. The third kappa shape index (κ3) is 1.50. The molecule has 0 spiro atoms. The number of rotatable bonds is 1. The zero-order chi connectivity index (χ0) is 11.1. The van der Waals surface area contributed by atoms with Gasteiger partial charge in [-0.25, -0.2) is 0 Å². The molecule has 0 amide bonds. The first-order chi connectivity index (χ1) is 7.74. The molecular formula is C12H16N4. The molecule has 2 aromatic heterocycles. The van der Waals surface area contributed by atoms with Crippen molar-refractivity contribution in [2.24, 2.45) is 5.73 Å². The predicted molar refractivity (Wildman–Crippen MR) is 62.3 cm³/mol. The third-order valence-electron chi connectivity index (χ3n) is 3.43. The van der Waals surface area contributed by atoms with E-state index >= 15 is 0 Å². The van der Waals surface area contributed by atoms with Crippen molar-refractivity contribution in [2.45, 2.75) is 38.1 Å². The maximum Gasteiger partial charge on any atom is 0.161 e. The SMILES string of the molecule is Cc1ccn2c(C3CCC(N)C3)nnc2c1. The summed E-state index contributed by atoms with van der Waals surface area (Å²) in [6.45, 7) is 2.07. The number of aromatic nitrogens is 3. The van der Waals surface area contributed by atoms with Crippen LogP contribution in [-0.2, 0) is 0 Å². The molecule has 0 radical (unpaired) electrons. The molecule has 84 valence electrons. The van der Waals surface area contributed by atoms with E-state index in [1.807, 2.05) is 0 Å². The molecule has 4 heteroatoms. The van der Waals surface area contributed by atoms with Gasteiger partial charge in [0.1, 0.15) is 5.82 Å². The molecule has 1 aliphatic rings. The van der Waals surface area contributed by atoms with Crippen LogP contribution in [0, 0.1) is 6.92 Å². The highest BCUT2D eigenvalue weighted by Gasteiger charge is 2.26. The summed E-state index contributed by atoms with van der Waals surface area (Å²) in [5, 5.41) is 8.53. The molecule has 16 heavy (non-hydrogen) atoms. The Morgan fingerprint density at radius 2 is 2.25 bits per heavy atom. The Balaban J connectivity index is 2.04. The van der Waals surface area contributed by atoms with E-state index in [4.69, 9.17) is 5.73 Å². The van der Waals surface area contributed by atoms with Gasteiger partial charge in [-0.15, -0.1) is 10.2 Å². The Hall–Kier alpha value is -1.42. The van der Waals surface area contributed by atoms with Gasteiger partial charge in [-0.3, -0.25) is 4.40 Å². The minimum Gasteiger partial charge on any atom is -0.328 e. The summed E-state index contributed by atoms with van der Waals surface area (Å²) in [5.41, 5.74) is 8.10. The summed E-state index contributed by atoms with van der Waals surface area (Å²) in [6.07, 6.45) is 5.33. The minimum atomic E-state index is 0.336. The highest BCUT2D eigenvalue weighted by atomic mass is 15.2. The molecule has 1 fully saturated rings. The molecule has 2 N–H and O–H groups in total. The number of pyridine rings is 1. The van der Waals surface area contributed by atoms with E-state index in [2.05, 4.69) is 39.9 Å². The molecule has 1 aliphatic carbocycles. The standard InChI is InChI=1S/C12H16N4/c1-8-4-5-16-11(6-8)14-15-12(16)9-2-3-10(13)7-9/h4-6,9-10H,2-3,7,13H2,1H3. The number of hydrogen-bond donors (Lipinski definition) is 1. The molecular weight excluding hydrogens is 200 g/mol. The van der Waals surface area contributed by atoms with Gasteiger partial charge >= 0.3 is 0 Å². The lowest BCUT2D eigenvalue weighted by atomic mass is 10.1. The molecule has 2 heterocycles. The molecule has 2 aromatic rings. The molecule has 1 saturated carbocycles. The summed E-state index contributed by atoms with van der Waals surface area (Å²) in [4.78, 5) is 0. The molecule has 0 aliphatic heterocycles. The van der Waals surface area contributed by atoms with Crippen molar-refractivity contribution < 1.29 is 0 Å². The van der Waals surface area contributed by atoms with Crippen LogP contribution < -0.4 is 5.73 Å². The lowest BCUT2D eigenvalue weighted by molar-refractivity contribution is 0.636. The van der Waals surface area contributed by atoms with Gasteiger partial charge in [0.15, 0.2) is 5.65 Å². The molecule has 0 aromatic carbocycles. The van der Waals surface area contributed by atoms with Crippen molar-refractivity contribution in [1.82, 2.24) is 14.6 Å². The normalized spacial score (nSPS) is 25.4. The lowest BCUT2D eigenvalue weighted by Gasteiger charge is -2.07. The number of nitrogens with two attached hydrogens (primary N) is 1. The van der Waals surface area contributed by atoms with E-state index in [0.717, 1.165) is 30.7 Å². The van der Waals surface area contributed by atoms with E-state index in [9.17, 15) is 0 Å². The van der Waals surface area contributed by atoms with Gasteiger partial charge in [0, 0.05) is 18.2 Å². The van der Waals surface area contributed by atoms with Crippen molar-refractivity contribution in [3.63, 3.8) is 0 Å². The van der Waals surface area contributed by atoms with Gasteiger partial charge < -0.3 is 5.73 Å². The summed E-state index contributed by atoms with van der Waals surface area (Å²) in [7, 11) is 0. The van der Waals surface area contributed by atoms with E-state index in [0.29, 0.717) is 12.0 Å². The first kappa shape index (κ1) is 9.78. The maximum absolute atomic E-state index is 5.94. The van der Waals surface area contributed by atoms with Crippen LogP contribution in [0.2, 0.25) is 0 Å². The molecule has 2 atom stereocenters. The number of hydrogen-bond acceptors (Lipinski definition) is 3. The molecule has 2 unspecified atom stereocenters. The zero-order valence-corrected chi connectivity index (χ0v) is 9.43. The van der Waals surface area contributed by atoms with Crippen LogP contribution in [0.1, 0.15) is 36.6 Å². The van der Waals surface area contributed by atoms with E-state index in [1.165, 1.54) is 5.56 Å². The molecule has 3 rings (SSSR count). The fraction of sp³-hybridized carbons (Fsp3) is 0.500. The first-order valence-corrected chi connectivity index (χ1v) is 5.81. The fourth-order valence-corrected chi connectivity index (χ4v) is 2.54. The number of nitrogens with zero attached hydrogens (tertiary/aromatic N) is 3. The van der Waals surface area contributed by atoms with Gasteiger partial charge in [-0.05, 0) is 43.9 Å². The molecule has 0 bridgehead atoms. The zero-order valence-electron chi connectivity index (χ0n) is 9.43. The Kier molecular flexibility index (Phi) is 2.17.